The summed E-state index contributed by atoms with van der Waals surface area (Å²) in [6, 6.07) is 7.95. The van der Waals surface area contributed by atoms with E-state index in [-0.39, 0.29) is 0 Å². The number of hydrogen-bond donors (Lipinski definition) is 1. The zero-order valence-corrected chi connectivity index (χ0v) is 22.7. The lowest BCUT2D eigenvalue weighted by atomic mass is 9.87. The molecule has 1 N–H and O–H groups in total. The van der Waals surface area contributed by atoms with Crippen LogP contribution in [0.4, 0.5) is 0 Å². The normalized spacial score (nSPS) is 21.9. The van der Waals surface area contributed by atoms with Crippen LogP contribution in [0.5, 0.6) is 0 Å². The summed E-state index contributed by atoms with van der Waals surface area (Å²) in [5.41, 5.74) is 6.42. The van der Waals surface area contributed by atoms with Gasteiger partial charge in [0.15, 0.2) is 0 Å². The molecule has 1 aromatic heterocycles. The number of nitrogens with one attached hydrogen (secondary N) is 1. The lowest BCUT2D eigenvalue weighted by molar-refractivity contribution is 0.0856. The molecule has 0 radical (unpaired) electrons. The molecule has 1 aromatic carbocycles. The molecule has 1 saturated carbocycles. The average molecular weight is 488 g/mol. The molecule has 0 amide bonds. The van der Waals surface area contributed by atoms with Gasteiger partial charge in [0, 0.05) is 34.8 Å². The Bertz CT molecular complexity index is 1110. The lowest BCUT2D eigenvalue weighted by Crippen LogP contribution is -2.47. The fraction of sp³-hybridized carbons (Fsp3) is 0.562. The van der Waals surface area contributed by atoms with Gasteiger partial charge < -0.3 is 19.5 Å². The Morgan fingerprint density at radius 3 is 2.47 bits per heavy atom. The summed E-state index contributed by atoms with van der Waals surface area (Å²) >= 11 is 0. The molecular weight excluding hydrogens is 442 g/mol. The van der Waals surface area contributed by atoms with Crippen molar-refractivity contribution in [3.8, 4) is 0 Å². The van der Waals surface area contributed by atoms with Crippen LogP contribution in [0.15, 0.2) is 48.8 Å². The topological polar surface area (TPSA) is 31.5 Å². The fourth-order valence-corrected chi connectivity index (χ4v) is 6.47. The molecule has 2 saturated heterocycles. The van der Waals surface area contributed by atoms with Crippen molar-refractivity contribution in [1.29, 1.82) is 0 Å². The van der Waals surface area contributed by atoms with Crippen molar-refractivity contribution in [2.45, 2.75) is 70.8 Å². The van der Waals surface area contributed by atoms with Crippen LogP contribution < -0.4 is 0 Å². The maximum Gasteiger partial charge on any atom is 0.0931 e. The summed E-state index contributed by atoms with van der Waals surface area (Å²) < 4.78 is 5.44. The standard InChI is InChI=1S/C32H45N3O/c1-5-7-27(20-23(3)36-4)32-29(6-2)30-21-26(10-11-31(30)33-32)25-12-18-35(19-13-25)28-14-16-34(17-15-28)22-24-8-9-24/h5,7,10-11,20-21,24-25,28,33H,1,6,8-9,12-19,22H2,2-4H3/b23-20+,27-7+. The minimum absolute atomic E-state index is 0.669. The number of H-pyrrole nitrogens is 1. The second kappa shape index (κ2) is 11.4. The van der Waals surface area contributed by atoms with Gasteiger partial charge in [0.25, 0.3) is 0 Å². The summed E-state index contributed by atoms with van der Waals surface area (Å²) in [6.07, 6.45) is 15.3. The first-order valence-electron chi connectivity index (χ1n) is 14.3. The highest BCUT2D eigenvalue weighted by molar-refractivity contribution is 5.92. The molecule has 1 aliphatic carbocycles. The molecule has 2 aromatic rings. The SMILES string of the molecule is C=C/C=C(\C=C(/C)OC)c1[nH]c2ccc(C3CCN(C4CCN(CC5CC5)CC4)CC3)cc2c1CC. The average Bonchev–Trinajstić information content (AvgIpc) is 3.65. The van der Waals surface area contributed by atoms with Crippen LogP contribution in [-0.2, 0) is 11.2 Å². The Morgan fingerprint density at radius 2 is 1.83 bits per heavy atom. The molecule has 2 aliphatic heterocycles. The highest BCUT2D eigenvalue weighted by Gasteiger charge is 2.31. The smallest absolute Gasteiger partial charge is 0.0931 e. The Morgan fingerprint density at radius 1 is 1.08 bits per heavy atom. The second-order valence-corrected chi connectivity index (χ2v) is 11.2. The quantitative estimate of drug-likeness (QED) is 0.308. The van der Waals surface area contributed by atoms with Gasteiger partial charge in [-0.2, -0.15) is 0 Å². The van der Waals surface area contributed by atoms with Crippen molar-refractivity contribution in [3.63, 3.8) is 0 Å². The maximum atomic E-state index is 5.44. The number of aromatic nitrogens is 1. The Kier molecular flexibility index (Phi) is 8.03. The molecule has 3 fully saturated rings. The van der Waals surface area contributed by atoms with Gasteiger partial charge in [-0.1, -0.05) is 31.7 Å². The van der Waals surface area contributed by atoms with E-state index in [1.54, 1.807) is 7.11 Å². The summed E-state index contributed by atoms with van der Waals surface area (Å²) in [5.74, 6) is 2.59. The van der Waals surface area contributed by atoms with E-state index in [4.69, 9.17) is 4.74 Å². The number of aromatic amines is 1. The van der Waals surface area contributed by atoms with Crippen molar-refractivity contribution < 1.29 is 4.74 Å². The Labute approximate surface area is 218 Å². The van der Waals surface area contributed by atoms with Gasteiger partial charge in [0.05, 0.1) is 12.9 Å². The van der Waals surface area contributed by atoms with Gasteiger partial charge in [0.2, 0.25) is 0 Å². The second-order valence-electron chi connectivity index (χ2n) is 11.2. The number of rotatable bonds is 9. The molecule has 0 bridgehead atoms. The molecule has 0 unspecified atom stereocenters. The number of fused-ring (bicyclic) bond motifs is 1. The van der Waals surface area contributed by atoms with Crippen molar-refractivity contribution in [2.75, 3.05) is 39.8 Å². The maximum absolute atomic E-state index is 5.44. The minimum atomic E-state index is 0.669. The van der Waals surface area contributed by atoms with E-state index in [1.165, 1.54) is 99.0 Å². The number of allylic oxidation sites excluding steroid dienone is 5. The zero-order valence-electron chi connectivity index (χ0n) is 22.7. The molecule has 194 valence electrons. The van der Waals surface area contributed by atoms with Crippen molar-refractivity contribution in [3.05, 3.63) is 65.6 Å². The highest BCUT2D eigenvalue weighted by atomic mass is 16.5. The van der Waals surface area contributed by atoms with E-state index >= 15 is 0 Å². The van der Waals surface area contributed by atoms with E-state index < -0.39 is 0 Å². The first-order chi connectivity index (χ1) is 17.6. The van der Waals surface area contributed by atoms with E-state index in [2.05, 4.69) is 58.6 Å². The predicted molar refractivity (Wildman–Crippen MR) is 152 cm³/mol. The van der Waals surface area contributed by atoms with Crippen LogP contribution in [0.3, 0.4) is 0 Å². The van der Waals surface area contributed by atoms with Gasteiger partial charge in [-0.3, -0.25) is 0 Å². The Balaban J connectivity index is 1.27. The number of aryl methyl sites for hydroxylation is 1. The number of hydrogen-bond acceptors (Lipinski definition) is 3. The molecule has 36 heavy (non-hydrogen) atoms. The van der Waals surface area contributed by atoms with Gasteiger partial charge in [0.1, 0.15) is 0 Å². The van der Waals surface area contributed by atoms with Gasteiger partial charge in [-0.25, -0.2) is 0 Å². The van der Waals surface area contributed by atoms with Crippen LogP contribution in [0, 0.1) is 5.92 Å². The summed E-state index contributed by atoms with van der Waals surface area (Å²) in [6.45, 7) is 14.7. The number of methoxy groups -OCH3 is 1. The number of nitrogens with zero attached hydrogens (tertiary/aromatic N) is 2. The van der Waals surface area contributed by atoms with Gasteiger partial charge in [-0.05, 0) is 119 Å². The van der Waals surface area contributed by atoms with Crippen molar-refractivity contribution >= 4 is 16.5 Å². The summed E-state index contributed by atoms with van der Waals surface area (Å²) in [7, 11) is 1.72. The number of benzene rings is 1. The van der Waals surface area contributed by atoms with Gasteiger partial charge in [-0.15, -0.1) is 0 Å². The molecule has 0 spiro atoms. The molecular formula is C32H45N3O. The molecule has 3 heterocycles. The molecule has 3 aliphatic rings. The monoisotopic (exact) mass is 487 g/mol. The van der Waals surface area contributed by atoms with E-state index in [1.807, 2.05) is 13.0 Å². The number of likely N-dealkylation sites (tertiary alicyclic amines) is 2. The third-order valence-electron chi connectivity index (χ3n) is 8.84. The summed E-state index contributed by atoms with van der Waals surface area (Å²) in [4.78, 5) is 9.24. The third kappa shape index (κ3) is 5.65. The highest BCUT2D eigenvalue weighted by Crippen LogP contribution is 2.36. The Hall–Kier alpha value is -2.30. The minimum Gasteiger partial charge on any atom is -0.501 e. The molecule has 4 nitrogen and oxygen atoms in total. The molecule has 4 heteroatoms. The summed E-state index contributed by atoms with van der Waals surface area (Å²) in [5, 5.41) is 1.37. The predicted octanol–water partition coefficient (Wildman–Crippen LogP) is 6.90. The largest absolute Gasteiger partial charge is 0.501 e. The molecule has 0 atom stereocenters. The van der Waals surface area contributed by atoms with E-state index in [9.17, 15) is 0 Å². The number of ether oxygens (including phenoxy) is 1. The van der Waals surface area contributed by atoms with Crippen LogP contribution >= 0.6 is 0 Å². The van der Waals surface area contributed by atoms with Crippen LogP contribution in [0.2, 0.25) is 0 Å². The van der Waals surface area contributed by atoms with Crippen molar-refractivity contribution in [1.82, 2.24) is 14.8 Å². The lowest BCUT2D eigenvalue weighted by Gasteiger charge is -2.42. The third-order valence-corrected chi connectivity index (χ3v) is 8.84. The van der Waals surface area contributed by atoms with E-state index in [0.29, 0.717) is 5.92 Å². The zero-order chi connectivity index (χ0) is 25.1. The van der Waals surface area contributed by atoms with Crippen LogP contribution in [-0.4, -0.2) is 60.7 Å². The van der Waals surface area contributed by atoms with E-state index in [0.717, 1.165) is 29.7 Å². The van der Waals surface area contributed by atoms with Crippen molar-refractivity contribution in [2.24, 2.45) is 5.92 Å². The first kappa shape index (κ1) is 25.4. The van der Waals surface area contributed by atoms with Crippen LogP contribution in [0.25, 0.3) is 16.5 Å². The van der Waals surface area contributed by atoms with Crippen LogP contribution in [0.1, 0.15) is 75.1 Å². The fourth-order valence-electron chi connectivity index (χ4n) is 6.47. The first-order valence-corrected chi connectivity index (χ1v) is 14.3. The van der Waals surface area contributed by atoms with Gasteiger partial charge >= 0.3 is 0 Å². The number of piperidine rings is 2. The molecule has 5 rings (SSSR count).